The monoisotopic (exact) mass is 351 g/mol. The molecule has 1 fully saturated rings. The molecule has 0 atom stereocenters. The molecule has 4 rings (SSSR count). The van der Waals surface area contributed by atoms with Crippen molar-refractivity contribution in [2.75, 3.05) is 31.2 Å². The normalized spacial score (nSPS) is 14.6. The largest absolute Gasteiger partial charge is 0.480 e. The molecule has 0 spiro atoms. The highest BCUT2D eigenvalue weighted by atomic mass is 16.5. The molecule has 26 heavy (non-hydrogen) atoms. The zero-order valence-electron chi connectivity index (χ0n) is 14.7. The maximum absolute atomic E-state index is 13.1. The van der Waals surface area contributed by atoms with Crippen LogP contribution < -0.4 is 15.1 Å². The van der Waals surface area contributed by atoms with Gasteiger partial charge in [0.05, 0.1) is 18.6 Å². The van der Waals surface area contributed by atoms with Crippen molar-refractivity contribution >= 4 is 16.9 Å². The van der Waals surface area contributed by atoms with Crippen LogP contribution in [0, 0.1) is 6.92 Å². The number of hydrogen-bond donors (Lipinski definition) is 0. The van der Waals surface area contributed by atoms with E-state index in [1.165, 1.54) is 0 Å². The highest BCUT2D eigenvalue weighted by Gasteiger charge is 2.23. The summed E-state index contributed by atoms with van der Waals surface area (Å²) >= 11 is 0. The molecule has 1 aliphatic heterocycles. The molecule has 3 aromatic rings. The maximum atomic E-state index is 13.1. The molecule has 0 N–H and O–H groups in total. The molecule has 1 aliphatic rings. The number of morpholine rings is 1. The lowest BCUT2D eigenvalue weighted by molar-refractivity contribution is 0.120. The van der Waals surface area contributed by atoms with E-state index in [2.05, 4.69) is 0 Å². The van der Waals surface area contributed by atoms with Gasteiger partial charge in [-0.15, -0.1) is 0 Å². The summed E-state index contributed by atoms with van der Waals surface area (Å²) in [5.74, 6) is 0.768. The van der Waals surface area contributed by atoms with Crippen molar-refractivity contribution in [2.45, 2.75) is 13.5 Å². The Morgan fingerprint density at radius 1 is 1.04 bits per heavy atom. The second kappa shape index (κ2) is 7.22. The van der Waals surface area contributed by atoms with Gasteiger partial charge in [0.1, 0.15) is 12.2 Å². The SMILES string of the molecule is Cc1cccc2c(=O)c(OCc3ccccc3)c(N3CCOCC3)oc12. The van der Waals surface area contributed by atoms with Gasteiger partial charge in [-0.05, 0) is 24.1 Å². The molecule has 2 aromatic carbocycles. The summed E-state index contributed by atoms with van der Waals surface area (Å²) in [5.41, 5.74) is 2.42. The lowest BCUT2D eigenvalue weighted by atomic mass is 10.1. The molecule has 0 unspecified atom stereocenters. The molecule has 5 heteroatoms. The second-order valence-corrected chi connectivity index (χ2v) is 6.39. The first-order valence-electron chi connectivity index (χ1n) is 8.80. The summed E-state index contributed by atoms with van der Waals surface area (Å²) in [4.78, 5) is 15.1. The smallest absolute Gasteiger partial charge is 0.243 e. The van der Waals surface area contributed by atoms with Crippen LogP contribution in [0.2, 0.25) is 0 Å². The van der Waals surface area contributed by atoms with Crippen molar-refractivity contribution in [1.82, 2.24) is 0 Å². The summed E-state index contributed by atoms with van der Waals surface area (Å²) < 4.78 is 17.6. The van der Waals surface area contributed by atoms with E-state index >= 15 is 0 Å². The minimum Gasteiger partial charge on any atom is -0.480 e. The summed E-state index contributed by atoms with van der Waals surface area (Å²) in [7, 11) is 0. The molecule has 0 aliphatic carbocycles. The fourth-order valence-electron chi connectivity index (χ4n) is 3.16. The topological polar surface area (TPSA) is 51.9 Å². The minimum absolute atomic E-state index is 0.132. The van der Waals surface area contributed by atoms with Crippen LogP contribution in [0.4, 0.5) is 5.88 Å². The number of para-hydroxylation sites is 1. The zero-order valence-corrected chi connectivity index (χ0v) is 14.7. The number of benzene rings is 2. The fourth-order valence-corrected chi connectivity index (χ4v) is 3.16. The van der Waals surface area contributed by atoms with E-state index in [-0.39, 0.29) is 11.2 Å². The predicted octanol–water partition coefficient (Wildman–Crippen LogP) is 3.52. The third-order valence-electron chi connectivity index (χ3n) is 4.58. The number of rotatable bonds is 4. The molecular weight excluding hydrogens is 330 g/mol. The van der Waals surface area contributed by atoms with E-state index in [1.807, 2.05) is 54.3 Å². The van der Waals surface area contributed by atoms with Crippen LogP contribution >= 0.6 is 0 Å². The molecule has 0 saturated carbocycles. The number of aryl methyl sites for hydroxylation is 1. The Morgan fingerprint density at radius 2 is 1.81 bits per heavy atom. The summed E-state index contributed by atoms with van der Waals surface area (Å²) in [6.45, 7) is 4.81. The number of fused-ring (bicyclic) bond motifs is 1. The van der Waals surface area contributed by atoms with Gasteiger partial charge < -0.3 is 18.8 Å². The first kappa shape index (κ1) is 16.7. The zero-order chi connectivity index (χ0) is 17.9. The molecule has 0 amide bonds. The third-order valence-corrected chi connectivity index (χ3v) is 4.58. The van der Waals surface area contributed by atoms with Gasteiger partial charge >= 0.3 is 0 Å². The standard InChI is InChI=1S/C21H21NO4/c1-15-6-5-9-17-18(23)20(25-14-16-7-3-2-4-8-16)21(26-19(15)17)22-10-12-24-13-11-22/h2-9H,10-14H2,1H3. The quantitative estimate of drug-likeness (QED) is 0.720. The molecule has 2 heterocycles. The van der Waals surface area contributed by atoms with Gasteiger partial charge in [-0.3, -0.25) is 4.79 Å². The molecule has 134 valence electrons. The van der Waals surface area contributed by atoms with E-state index in [0.29, 0.717) is 49.8 Å². The highest BCUT2D eigenvalue weighted by molar-refractivity contribution is 5.83. The fraction of sp³-hybridized carbons (Fsp3) is 0.286. The Kier molecular flexibility index (Phi) is 4.63. The summed E-state index contributed by atoms with van der Waals surface area (Å²) in [6, 6.07) is 15.4. The Bertz CT molecular complexity index is 959. The van der Waals surface area contributed by atoms with E-state index in [0.717, 1.165) is 11.1 Å². The van der Waals surface area contributed by atoms with Gasteiger partial charge in [-0.1, -0.05) is 42.5 Å². The Balaban J connectivity index is 1.80. The van der Waals surface area contributed by atoms with Crippen LogP contribution in [-0.4, -0.2) is 26.3 Å². The van der Waals surface area contributed by atoms with Gasteiger partial charge in [-0.2, -0.15) is 0 Å². The number of hydrogen-bond acceptors (Lipinski definition) is 5. The van der Waals surface area contributed by atoms with Crippen molar-refractivity contribution < 1.29 is 13.9 Å². The van der Waals surface area contributed by atoms with Crippen molar-refractivity contribution in [3.63, 3.8) is 0 Å². The number of anilines is 1. The first-order chi connectivity index (χ1) is 12.7. The number of nitrogens with zero attached hydrogens (tertiary/aromatic N) is 1. The number of ether oxygens (including phenoxy) is 2. The van der Waals surface area contributed by atoms with Gasteiger partial charge in [0.2, 0.25) is 17.1 Å². The molecule has 1 saturated heterocycles. The van der Waals surface area contributed by atoms with Gasteiger partial charge in [0.15, 0.2) is 0 Å². The predicted molar refractivity (Wildman–Crippen MR) is 101 cm³/mol. The average Bonchev–Trinajstić information content (AvgIpc) is 2.69. The van der Waals surface area contributed by atoms with Crippen molar-refractivity contribution in [2.24, 2.45) is 0 Å². The van der Waals surface area contributed by atoms with Gasteiger partial charge in [-0.25, -0.2) is 0 Å². The summed E-state index contributed by atoms with van der Waals surface area (Å²) in [6.07, 6.45) is 0. The molecule has 5 nitrogen and oxygen atoms in total. The van der Waals surface area contributed by atoms with Crippen LogP contribution in [0.15, 0.2) is 57.7 Å². The second-order valence-electron chi connectivity index (χ2n) is 6.39. The van der Waals surface area contributed by atoms with Crippen molar-refractivity contribution in [3.8, 4) is 5.75 Å². The molecule has 1 aromatic heterocycles. The average molecular weight is 351 g/mol. The minimum atomic E-state index is -0.132. The van der Waals surface area contributed by atoms with Crippen LogP contribution in [0.1, 0.15) is 11.1 Å². The van der Waals surface area contributed by atoms with Crippen LogP contribution in [-0.2, 0) is 11.3 Å². The van der Waals surface area contributed by atoms with Crippen LogP contribution in [0.25, 0.3) is 11.0 Å². The van der Waals surface area contributed by atoms with E-state index in [4.69, 9.17) is 13.9 Å². The first-order valence-corrected chi connectivity index (χ1v) is 8.80. The van der Waals surface area contributed by atoms with Crippen molar-refractivity contribution in [3.05, 3.63) is 69.9 Å². The van der Waals surface area contributed by atoms with E-state index < -0.39 is 0 Å². The van der Waals surface area contributed by atoms with E-state index in [1.54, 1.807) is 6.07 Å². The lowest BCUT2D eigenvalue weighted by Crippen LogP contribution is -2.37. The molecular formula is C21H21NO4. The maximum Gasteiger partial charge on any atom is 0.243 e. The van der Waals surface area contributed by atoms with Gasteiger partial charge in [0, 0.05) is 13.1 Å². The van der Waals surface area contributed by atoms with E-state index in [9.17, 15) is 4.79 Å². The van der Waals surface area contributed by atoms with Crippen LogP contribution in [0.3, 0.4) is 0 Å². The Labute approximate surface area is 151 Å². The Morgan fingerprint density at radius 3 is 2.58 bits per heavy atom. The summed E-state index contributed by atoms with van der Waals surface area (Å²) in [5, 5.41) is 0.546. The van der Waals surface area contributed by atoms with Crippen molar-refractivity contribution in [1.29, 1.82) is 0 Å². The third kappa shape index (κ3) is 3.18. The molecule has 0 bridgehead atoms. The highest BCUT2D eigenvalue weighted by Crippen LogP contribution is 2.31. The van der Waals surface area contributed by atoms with Gasteiger partial charge in [0.25, 0.3) is 0 Å². The Hall–Kier alpha value is -2.79. The lowest BCUT2D eigenvalue weighted by Gasteiger charge is -2.28. The molecule has 0 radical (unpaired) electrons. The van der Waals surface area contributed by atoms with Crippen LogP contribution in [0.5, 0.6) is 5.75 Å².